The third-order valence-corrected chi connectivity index (χ3v) is 2.95. The first-order valence-corrected chi connectivity index (χ1v) is 6.95. The van der Waals surface area contributed by atoms with Crippen LogP contribution >= 0.6 is 0 Å². The fraction of sp³-hybridized carbons (Fsp3) is 0.600. The normalized spacial score (nSPS) is 12.2. The second-order valence-electron chi connectivity index (χ2n) is 4.52. The largest absolute Gasteiger partial charge is 0.494 e. The first kappa shape index (κ1) is 14.8. The topological polar surface area (TPSA) is 35.1 Å². The molecule has 3 heteroatoms. The van der Waals surface area contributed by atoms with Crippen molar-refractivity contribution >= 4 is 0 Å². The summed E-state index contributed by atoms with van der Waals surface area (Å²) in [6.45, 7) is 9.04. The van der Waals surface area contributed by atoms with Gasteiger partial charge in [-0.05, 0) is 32.4 Å². The molecule has 0 saturated heterocycles. The van der Waals surface area contributed by atoms with Crippen molar-refractivity contribution in [3.63, 3.8) is 0 Å². The Labute approximate surface area is 110 Å². The highest BCUT2D eigenvalue weighted by atomic mass is 16.5. The average Bonchev–Trinajstić information content (AvgIpc) is 2.39. The minimum atomic E-state index is 0.688. The van der Waals surface area contributed by atoms with E-state index in [9.17, 15) is 0 Å². The van der Waals surface area contributed by atoms with Gasteiger partial charge in [-0.25, -0.2) is 0 Å². The van der Waals surface area contributed by atoms with Crippen molar-refractivity contribution in [2.24, 2.45) is 0 Å². The zero-order chi connectivity index (χ0) is 13.2. The van der Waals surface area contributed by atoms with Crippen LogP contribution in [0.1, 0.15) is 33.6 Å². The quantitative estimate of drug-likeness (QED) is 0.684. The summed E-state index contributed by atoms with van der Waals surface area (Å²) in [5, 5.41) is 2.37. The minimum Gasteiger partial charge on any atom is -0.494 e. The van der Waals surface area contributed by atoms with Crippen molar-refractivity contribution < 1.29 is 14.8 Å². The summed E-state index contributed by atoms with van der Waals surface area (Å²) in [4.78, 5) is 0. The summed E-state index contributed by atoms with van der Waals surface area (Å²) >= 11 is 0. The van der Waals surface area contributed by atoms with Gasteiger partial charge in [-0.15, -0.1) is 0 Å². The van der Waals surface area contributed by atoms with E-state index < -0.39 is 0 Å². The molecule has 0 spiro atoms. The van der Waals surface area contributed by atoms with Crippen LogP contribution in [0, 0.1) is 0 Å². The summed E-state index contributed by atoms with van der Waals surface area (Å²) in [5.74, 6) is 1.77. The fourth-order valence-electron chi connectivity index (χ4n) is 1.66. The van der Waals surface area contributed by atoms with Gasteiger partial charge in [0.25, 0.3) is 0 Å². The van der Waals surface area contributed by atoms with Crippen molar-refractivity contribution in [1.29, 1.82) is 0 Å². The molecule has 0 unspecified atom stereocenters. The van der Waals surface area contributed by atoms with Crippen molar-refractivity contribution in [3.05, 3.63) is 24.3 Å². The molecule has 0 amide bonds. The van der Waals surface area contributed by atoms with E-state index in [1.165, 1.54) is 6.42 Å². The zero-order valence-electron chi connectivity index (χ0n) is 11.8. The van der Waals surface area contributed by atoms with Gasteiger partial charge in [0.15, 0.2) is 0 Å². The van der Waals surface area contributed by atoms with Crippen LogP contribution < -0.4 is 14.8 Å². The highest BCUT2D eigenvalue weighted by Crippen LogP contribution is 2.19. The molecule has 0 aliphatic heterocycles. The molecule has 0 saturated carbocycles. The number of nitrogens with two attached hydrogens (primary N) is 1. The molecule has 1 rings (SSSR count). The number of benzene rings is 1. The number of rotatable bonds is 9. The van der Waals surface area contributed by atoms with E-state index in [0.29, 0.717) is 12.6 Å². The van der Waals surface area contributed by atoms with Crippen molar-refractivity contribution in [3.8, 4) is 11.5 Å². The number of hydrogen-bond acceptors (Lipinski definition) is 2. The molecular formula is C15H26NO2+. The predicted octanol–water partition coefficient (Wildman–Crippen LogP) is 2.22. The standard InChI is InChI=1S/C15H25NO2/c1-4-13(3)16-10-7-11-18-15-9-6-8-14(12-15)17-5-2/h6,8-9,12-13,16H,4-5,7,10-11H2,1-3H3/p+1/t13-/m1/s1. The van der Waals surface area contributed by atoms with E-state index in [4.69, 9.17) is 9.47 Å². The van der Waals surface area contributed by atoms with Gasteiger partial charge < -0.3 is 14.8 Å². The Kier molecular flexibility index (Phi) is 7.26. The molecular weight excluding hydrogens is 226 g/mol. The lowest BCUT2D eigenvalue weighted by Crippen LogP contribution is -2.89. The molecule has 18 heavy (non-hydrogen) atoms. The summed E-state index contributed by atoms with van der Waals surface area (Å²) in [7, 11) is 0. The molecule has 0 radical (unpaired) electrons. The molecule has 1 aromatic rings. The maximum atomic E-state index is 5.71. The van der Waals surface area contributed by atoms with Crippen LogP contribution in [0.4, 0.5) is 0 Å². The van der Waals surface area contributed by atoms with Crippen LogP contribution in [0.2, 0.25) is 0 Å². The second-order valence-corrected chi connectivity index (χ2v) is 4.52. The van der Waals surface area contributed by atoms with Crippen LogP contribution in [0.5, 0.6) is 11.5 Å². The highest BCUT2D eigenvalue weighted by molar-refractivity contribution is 5.32. The van der Waals surface area contributed by atoms with Gasteiger partial charge in [-0.1, -0.05) is 13.0 Å². The Morgan fingerprint density at radius 2 is 1.89 bits per heavy atom. The lowest BCUT2D eigenvalue weighted by Gasteiger charge is -2.10. The van der Waals surface area contributed by atoms with E-state index >= 15 is 0 Å². The van der Waals surface area contributed by atoms with Gasteiger partial charge in [0.2, 0.25) is 0 Å². The van der Waals surface area contributed by atoms with Gasteiger partial charge in [-0.3, -0.25) is 0 Å². The SMILES string of the molecule is CCOc1cccc(OCCC[NH2+][C@H](C)CC)c1. The average molecular weight is 252 g/mol. The van der Waals surface area contributed by atoms with Gasteiger partial charge in [0, 0.05) is 12.5 Å². The molecule has 3 nitrogen and oxygen atoms in total. The van der Waals surface area contributed by atoms with Crippen molar-refractivity contribution in [1.82, 2.24) is 0 Å². The third kappa shape index (κ3) is 5.92. The molecule has 1 aromatic carbocycles. The van der Waals surface area contributed by atoms with Crippen molar-refractivity contribution in [2.45, 2.75) is 39.7 Å². The molecule has 0 aliphatic carbocycles. The lowest BCUT2D eigenvalue weighted by molar-refractivity contribution is -0.686. The van der Waals surface area contributed by atoms with Gasteiger partial charge in [-0.2, -0.15) is 0 Å². The summed E-state index contributed by atoms with van der Waals surface area (Å²) < 4.78 is 11.1. The van der Waals surface area contributed by atoms with E-state index in [0.717, 1.165) is 31.1 Å². The van der Waals surface area contributed by atoms with Gasteiger partial charge in [0.05, 0.1) is 25.8 Å². The van der Waals surface area contributed by atoms with Crippen LogP contribution in [0.3, 0.4) is 0 Å². The highest BCUT2D eigenvalue weighted by Gasteiger charge is 2.01. The first-order chi connectivity index (χ1) is 8.76. The third-order valence-electron chi connectivity index (χ3n) is 2.95. The molecule has 102 valence electrons. The Hall–Kier alpha value is -1.22. The maximum Gasteiger partial charge on any atom is 0.122 e. The Bertz CT molecular complexity index is 328. The van der Waals surface area contributed by atoms with Gasteiger partial charge in [0.1, 0.15) is 11.5 Å². The van der Waals surface area contributed by atoms with Crippen molar-refractivity contribution in [2.75, 3.05) is 19.8 Å². The van der Waals surface area contributed by atoms with Crippen LogP contribution in [-0.4, -0.2) is 25.8 Å². The Morgan fingerprint density at radius 1 is 1.17 bits per heavy atom. The number of hydrogen-bond donors (Lipinski definition) is 1. The number of quaternary nitrogens is 1. The molecule has 1 atom stereocenters. The molecule has 0 aromatic heterocycles. The summed E-state index contributed by atoms with van der Waals surface area (Å²) in [6.07, 6.45) is 2.29. The van der Waals surface area contributed by atoms with Crippen LogP contribution in [0.25, 0.3) is 0 Å². The van der Waals surface area contributed by atoms with Crippen LogP contribution in [-0.2, 0) is 0 Å². The first-order valence-electron chi connectivity index (χ1n) is 6.95. The predicted molar refractivity (Wildman–Crippen MR) is 74.3 cm³/mol. The summed E-state index contributed by atoms with van der Waals surface area (Å²) in [6, 6.07) is 8.55. The minimum absolute atomic E-state index is 0.688. The second kappa shape index (κ2) is 8.81. The van der Waals surface area contributed by atoms with E-state index in [1.54, 1.807) is 0 Å². The number of ether oxygens (including phenoxy) is 2. The molecule has 0 fully saturated rings. The van der Waals surface area contributed by atoms with E-state index in [1.807, 2.05) is 31.2 Å². The van der Waals surface area contributed by atoms with E-state index in [-0.39, 0.29) is 0 Å². The smallest absolute Gasteiger partial charge is 0.122 e. The maximum absolute atomic E-state index is 5.71. The molecule has 0 bridgehead atoms. The lowest BCUT2D eigenvalue weighted by atomic mass is 10.2. The molecule has 2 N–H and O–H groups in total. The monoisotopic (exact) mass is 252 g/mol. The van der Waals surface area contributed by atoms with E-state index in [2.05, 4.69) is 19.2 Å². The Balaban J connectivity index is 2.20. The Morgan fingerprint density at radius 3 is 2.56 bits per heavy atom. The zero-order valence-corrected chi connectivity index (χ0v) is 11.8. The van der Waals surface area contributed by atoms with Gasteiger partial charge >= 0.3 is 0 Å². The molecule has 0 heterocycles. The fourth-order valence-corrected chi connectivity index (χ4v) is 1.66. The molecule has 0 aliphatic rings. The summed E-state index contributed by atoms with van der Waals surface area (Å²) in [5.41, 5.74) is 0. The van der Waals surface area contributed by atoms with Crippen LogP contribution in [0.15, 0.2) is 24.3 Å².